The highest BCUT2D eigenvalue weighted by molar-refractivity contribution is 5.78. The van der Waals surface area contributed by atoms with Gasteiger partial charge in [-0.3, -0.25) is 4.79 Å². The van der Waals surface area contributed by atoms with Crippen LogP contribution in [0.5, 0.6) is 0 Å². The molecule has 1 aromatic carbocycles. The first-order valence-corrected chi connectivity index (χ1v) is 5.42. The highest BCUT2D eigenvalue weighted by Crippen LogP contribution is 2.19. The Morgan fingerprint density at radius 1 is 1.28 bits per heavy atom. The van der Waals surface area contributed by atoms with Crippen molar-refractivity contribution in [1.82, 2.24) is 5.32 Å². The van der Waals surface area contributed by atoms with Crippen molar-refractivity contribution < 1.29 is 23.1 Å². The number of aliphatic hydroxyl groups is 1. The Kier molecular flexibility index (Phi) is 4.72. The Hall–Kier alpha value is -1.56. The van der Waals surface area contributed by atoms with Crippen molar-refractivity contribution >= 4 is 5.91 Å². The highest BCUT2D eigenvalue weighted by atomic mass is 19.2. The van der Waals surface area contributed by atoms with Gasteiger partial charge in [-0.1, -0.05) is 13.8 Å². The van der Waals surface area contributed by atoms with Crippen LogP contribution in [0.15, 0.2) is 12.1 Å². The van der Waals surface area contributed by atoms with E-state index in [1.54, 1.807) is 13.8 Å². The zero-order valence-corrected chi connectivity index (χ0v) is 10.0. The van der Waals surface area contributed by atoms with Crippen molar-refractivity contribution in [2.75, 3.05) is 6.61 Å². The van der Waals surface area contributed by atoms with E-state index < -0.39 is 30.1 Å². The van der Waals surface area contributed by atoms with Crippen LogP contribution in [0.1, 0.15) is 25.5 Å². The maximum atomic E-state index is 13.0. The Labute approximate surface area is 103 Å². The third-order valence-corrected chi connectivity index (χ3v) is 2.43. The first-order valence-electron chi connectivity index (χ1n) is 5.42. The van der Waals surface area contributed by atoms with E-state index in [-0.39, 0.29) is 17.4 Å². The number of amides is 1. The van der Waals surface area contributed by atoms with E-state index in [0.717, 1.165) is 12.1 Å². The predicted molar refractivity (Wildman–Crippen MR) is 59.1 cm³/mol. The number of carbonyl (C=O) groups is 1. The number of nitrogens with one attached hydrogen (secondary N) is 1. The number of aliphatic hydroxyl groups excluding tert-OH is 1. The molecule has 0 aliphatic rings. The fraction of sp³-hybridized carbons (Fsp3) is 0.417. The van der Waals surface area contributed by atoms with Gasteiger partial charge in [0, 0.05) is 5.92 Å². The molecule has 0 aliphatic heterocycles. The molecule has 1 unspecified atom stereocenters. The summed E-state index contributed by atoms with van der Waals surface area (Å²) in [5.74, 6) is -5.01. The maximum Gasteiger partial charge on any atom is 0.223 e. The minimum absolute atomic E-state index is 0.0251. The lowest BCUT2D eigenvalue weighted by Gasteiger charge is -2.18. The van der Waals surface area contributed by atoms with Crippen LogP contribution >= 0.6 is 0 Å². The standard InChI is InChI=1S/C12H14F3NO2/c1-6(2)12(18)16-10(5-17)7-3-8(13)11(15)9(14)4-7/h3-4,6,10,17H,5H2,1-2H3,(H,16,18). The van der Waals surface area contributed by atoms with E-state index >= 15 is 0 Å². The first kappa shape index (κ1) is 14.5. The van der Waals surface area contributed by atoms with Gasteiger partial charge < -0.3 is 10.4 Å². The van der Waals surface area contributed by atoms with Gasteiger partial charge in [-0.15, -0.1) is 0 Å². The van der Waals surface area contributed by atoms with Gasteiger partial charge in [0.1, 0.15) is 0 Å². The average molecular weight is 261 g/mol. The minimum Gasteiger partial charge on any atom is -0.394 e. The van der Waals surface area contributed by atoms with Crippen LogP contribution in [0.2, 0.25) is 0 Å². The van der Waals surface area contributed by atoms with Crippen LogP contribution in [-0.2, 0) is 4.79 Å². The second-order valence-corrected chi connectivity index (χ2v) is 4.20. The summed E-state index contributed by atoms with van der Waals surface area (Å²) < 4.78 is 38.8. The molecule has 100 valence electrons. The molecular formula is C12H14F3NO2. The van der Waals surface area contributed by atoms with E-state index in [2.05, 4.69) is 5.32 Å². The topological polar surface area (TPSA) is 49.3 Å². The van der Waals surface area contributed by atoms with Crippen molar-refractivity contribution in [3.8, 4) is 0 Å². The molecule has 0 spiro atoms. The van der Waals surface area contributed by atoms with Gasteiger partial charge in [0.25, 0.3) is 0 Å². The largest absolute Gasteiger partial charge is 0.394 e. The van der Waals surface area contributed by atoms with Gasteiger partial charge >= 0.3 is 0 Å². The molecule has 18 heavy (non-hydrogen) atoms. The summed E-state index contributed by atoms with van der Waals surface area (Å²) in [6.45, 7) is 2.73. The maximum absolute atomic E-state index is 13.0. The molecule has 1 atom stereocenters. The Bertz CT molecular complexity index is 426. The van der Waals surface area contributed by atoms with Gasteiger partial charge in [-0.2, -0.15) is 0 Å². The number of rotatable bonds is 4. The molecule has 0 saturated carbocycles. The van der Waals surface area contributed by atoms with Crippen LogP contribution < -0.4 is 5.32 Å². The minimum atomic E-state index is -1.58. The second-order valence-electron chi connectivity index (χ2n) is 4.20. The van der Waals surface area contributed by atoms with Crippen LogP contribution in [0.4, 0.5) is 13.2 Å². The van der Waals surface area contributed by atoms with Gasteiger partial charge in [-0.25, -0.2) is 13.2 Å². The molecule has 3 nitrogen and oxygen atoms in total. The first-order chi connectivity index (χ1) is 8.36. The number of benzene rings is 1. The number of halogens is 3. The summed E-state index contributed by atoms with van der Waals surface area (Å²) in [5, 5.41) is 11.5. The molecule has 0 saturated heterocycles. The lowest BCUT2D eigenvalue weighted by Crippen LogP contribution is -2.33. The molecule has 6 heteroatoms. The molecule has 0 aliphatic carbocycles. The van der Waals surface area contributed by atoms with E-state index in [1.807, 2.05) is 0 Å². The molecule has 0 fully saturated rings. The monoisotopic (exact) mass is 261 g/mol. The van der Waals surface area contributed by atoms with E-state index in [9.17, 15) is 18.0 Å². The van der Waals surface area contributed by atoms with Crippen molar-refractivity contribution in [2.45, 2.75) is 19.9 Å². The molecule has 0 aromatic heterocycles. The molecular weight excluding hydrogens is 247 g/mol. The van der Waals surface area contributed by atoms with Crippen molar-refractivity contribution in [3.63, 3.8) is 0 Å². The van der Waals surface area contributed by atoms with E-state index in [1.165, 1.54) is 0 Å². The molecule has 0 heterocycles. The molecule has 1 aromatic rings. The summed E-state index contributed by atoms with van der Waals surface area (Å²) in [6, 6.07) is 0.532. The van der Waals surface area contributed by atoms with Crippen LogP contribution in [0, 0.1) is 23.4 Å². The van der Waals surface area contributed by atoms with Gasteiger partial charge in [0.05, 0.1) is 12.6 Å². The molecule has 2 N–H and O–H groups in total. The predicted octanol–water partition coefficient (Wildman–Crippen LogP) is 1.91. The van der Waals surface area contributed by atoms with Crippen molar-refractivity contribution in [1.29, 1.82) is 0 Å². The number of hydrogen-bond donors (Lipinski definition) is 2. The van der Waals surface area contributed by atoms with Crippen LogP contribution in [0.3, 0.4) is 0 Å². The Morgan fingerprint density at radius 2 is 1.78 bits per heavy atom. The van der Waals surface area contributed by atoms with Crippen LogP contribution in [0.25, 0.3) is 0 Å². The Balaban J connectivity index is 2.99. The smallest absolute Gasteiger partial charge is 0.223 e. The lowest BCUT2D eigenvalue weighted by molar-refractivity contribution is -0.125. The number of carbonyl (C=O) groups excluding carboxylic acids is 1. The fourth-order valence-corrected chi connectivity index (χ4v) is 1.35. The third kappa shape index (κ3) is 3.22. The zero-order chi connectivity index (χ0) is 13.9. The molecule has 0 radical (unpaired) electrons. The summed E-state index contributed by atoms with van der Waals surface area (Å²) in [6.07, 6.45) is 0. The van der Waals surface area contributed by atoms with Crippen molar-refractivity contribution in [2.24, 2.45) is 5.92 Å². The van der Waals surface area contributed by atoms with E-state index in [4.69, 9.17) is 5.11 Å². The zero-order valence-electron chi connectivity index (χ0n) is 10.0. The second kappa shape index (κ2) is 5.86. The normalized spacial score (nSPS) is 12.6. The molecule has 1 rings (SSSR count). The Morgan fingerprint density at radius 3 is 2.17 bits per heavy atom. The summed E-state index contributed by atoms with van der Waals surface area (Å²) >= 11 is 0. The van der Waals surface area contributed by atoms with E-state index in [0.29, 0.717) is 0 Å². The summed E-state index contributed by atoms with van der Waals surface area (Å²) in [4.78, 5) is 11.4. The highest BCUT2D eigenvalue weighted by Gasteiger charge is 2.19. The van der Waals surface area contributed by atoms with Crippen molar-refractivity contribution in [3.05, 3.63) is 35.1 Å². The SMILES string of the molecule is CC(C)C(=O)NC(CO)c1cc(F)c(F)c(F)c1. The fourth-order valence-electron chi connectivity index (χ4n) is 1.35. The summed E-state index contributed by atoms with van der Waals surface area (Å²) in [7, 11) is 0. The summed E-state index contributed by atoms with van der Waals surface area (Å²) in [5.41, 5.74) is -0.0251. The number of hydrogen-bond acceptors (Lipinski definition) is 2. The van der Waals surface area contributed by atoms with Crippen LogP contribution in [-0.4, -0.2) is 17.6 Å². The quantitative estimate of drug-likeness (QED) is 0.813. The third-order valence-electron chi connectivity index (χ3n) is 2.43. The molecule has 1 amide bonds. The lowest BCUT2D eigenvalue weighted by atomic mass is 10.1. The van der Waals surface area contributed by atoms with Gasteiger partial charge in [-0.05, 0) is 17.7 Å². The van der Waals surface area contributed by atoms with Gasteiger partial charge in [0.2, 0.25) is 5.91 Å². The average Bonchev–Trinajstić information content (AvgIpc) is 2.31. The van der Waals surface area contributed by atoms with Gasteiger partial charge in [0.15, 0.2) is 17.5 Å². The molecule has 0 bridgehead atoms.